The summed E-state index contributed by atoms with van der Waals surface area (Å²) in [5.74, 6) is -0.915. The van der Waals surface area contributed by atoms with Crippen LogP contribution in [0.25, 0.3) is 0 Å². The van der Waals surface area contributed by atoms with E-state index in [4.69, 9.17) is 5.73 Å². The van der Waals surface area contributed by atoms with Gasteiger partial charge < -0.3 is 5.73 Å². The highest BCUT2D eigenvalue weighted by molar-refractivity contribution is 9.08. The predicted octanol–water partition coefficient (Wildman–Crippen LogP) is 2.64. The van der Waals surface area contributed by atoms with Crippen LogP contribution < -0.4 is 5.73 Å². The largest absolute Gasteiger partial charge is 0.397 e. The molecule has 72 valence electrons. The minimum atomic E-state index is -2.79. The van der Waals surface area contributed by atoms with Gasteiger partial charge in [0, 0.05) is 10.9 Å². The Labute approximate surface area is 81.1 Å². The van der Waals surface area contributed by atoms with Gasteiger partial charge in [-0.1, -0.05) is 15.9 Å². The van der Waals surface area contributed by atoms with Crippen LogP contribution in [0.5, 0.6) is 0 Å². The summed E-state index contributed by atoms with van der Waals surface area (Å²) < 4.78 is 37.6. The van der Waals surface area contributed by atoms with Crippen molar-refractivity contribution >= 4 is 21.6 Å². The van der Waals surface area contributed by atoms with Crippen molar-refractivity contribution in [2.75, 3.05) is 5.73 Å². The second-order valence-electron chi connectivity index (χ2n) is 2.33. The zero-order valence-corrected chi connectivity index (χ0v) is 7.98. The van der Waals surface area contributed by atoms with Crippen molar-refractivity contribution in [1.29, 1.82) is 0 Å². The molecule has 0 fully saturated rings. The molecule has 2 nitrogen and oxygen atoms in total. The normalized spacial score (nSPS) is 10.8. The van der Waals surface area contributed by atoms with E-state index in [0.29, 0.717) is 0 Å². The van der Waals surface area contributed by atoms with Crippen LogP contribution in [0.3, 0.4) is 0 Å². The Kier molecular flexibility index (Phi) is 3.13. The lowest BCUT2D eigenvalue weighted by Gasteiger charge is -2.09. The van der Waals surface area contributed by atoms with Gasteiger partial charge in [-0.05, 0) is 0 Å². The molecule has 0 unspecified atom stereocenters. The molecule has 1 heterocycles. The molecule has 1 rings (SSSR count). The summed E-state index contributed by atoms with van der Waals surface area (Å²) in [4.78, 5) is 3.24. The van der Waals surface area contributed by atoms with Gasteiger partial charge in [0.25, 0.3) is 6.43 Å². The van der Waals surface area contributed by atoms with Crippen molar-refractivity contribution in [3.05, 3.63) is 23.3 Å². The highest BCUT2D eigenvalue weighted by atomic mass is 79.9. The minimum absolute atomic E-state index is 0.0312. The minimum Gasteiger partial charge on any atom is -0.397 e. The lowest BCUT2D eigenvalue weighted by Crippen LogP contribution is -2.04. The quantitative estimate of drug-likeness (QED) is 0.651. The Morgan fingerprint density at radius 3 is 2.54 bits per heavy atom. The van der Waals surface area contributed by atoms with Gasteiger partial charge in [-0.25, -0.2) is 13.8 Å². The maximum absolute atomic E-state index is 12.9. The summed E-state index contributed by atoms with van der Waals surface area (Å²) >= 11 is 2.89. The molecule has 0 aliphatic carbocycles. The van der Waals surface area contributed by atoms with Gasteiger partial charge in [0.2, 0.25) is 5.95 Å². The van der Waals surface area contributed by atoms with Gasteiger partial charge >= 0.3 is 0 Å². The molecule has 0 atom stereocenters. The first-order valence-corrected chi connectivity index (χ1v) is 4.47. The molecule has 2 N–H and O–H groups in total. The number of nitrogens with two attached hydrogens (primary N) is 1. The number of hydrogen-bond acceptors (Lipinski definition) is 2. The molecule has 13 heavy (non-hydrogen) atoms. The van der Waals surface area contributed by atoms with Crippen molar-refractivity contribution in [2.24, 2.45) is 0 Å². The van der Waals surface area contributed by atoms with Crippen LogP contribution >= 0.6 is 15.9 Å². The van der Waals surface area contributed by atoms with Gasteiger partial charge in [-0.3, -0.25) is 0 Å². The fraction of sp³-hybridized carbons (Fsp3) is 0.286. The van der Waals surface area contributed by atoms with E-state index in [1.807, 2.05) is 0 Å². The standard InChI is InChI=1S/C7H6BrF3N2/c8-1-3-5(6(9)10)4(12)2-13-7(3)11/h2,6H,1,12H2. The first-order valence-electron chi connectivity index (χ1n) is 3.34. The lowest BCUT2D eigenvalue weighted by molar-refractivity contribution is 0.150. The number of aromatic nitrogens is 1. The summed E-state index contributed by atoms with van der Waals surface area (Å²) in [5, 5.41) is -0.0312. The van der Waals surface area contributed by atoms with Crippen molar-refractivity contribution in [3.63, 3.8) is 0 Å². The van der Waals surface area contributed by atoms with E-state index in [0.717, 1.165) is 6.20 Å². The zero-order valence-electron chi connectivity index (χ0n) is 6.40. The smallest absolute Gasteiger partial charge is 0.266 e. The summed E-state index contributed by atoms with van der Waals surface area (Å²) in [6.07, 6.45) is -1.90. The second-order valence-corrected chi connectivity index (χ2v) is 2.89. The molecule has 0 spiro atoms. The monoisotopic (exact) mass is 254 g/mol. The number of hydrogen-bond donors (Lipinski definition) is 1. The average Bonchev–Trinajstić information content (AvgIpc) is 2.07. The maximum atomic E-state index is 12.9. The van der Waals surface area contributed by atoms with Crippen molar-refractivity contribution in [1.82, 2.24) is 4.98 Å². The van der Waals surface area contributed by atoms with Crippen LogP contribution in [0.2, 0.25) is 0 Å². The van der Waals surface area contributed by atoms with Crippen LogP contribution in [0.1, 0.15) is 17.6 Å². The third kappa shape index (κ3) is 1.93. The highest BCUT2D eigenvalue weighted by Crippen LogP contribution is 2.30. The Bertz CT molecular complexity index is 317. The van der Waals surface area contributed by atoms with E-state index in [-0.39, 0.29) is 16.6 Å². The zero-order chi connectivity index (χ0) is 10.0. The molecule has 1 aromatic rings. The van der Waals surface area contributed by atoms with Gasteiger partial charge in [0.15, 0.2) is 0 Å². The molecule has 0 aromatic carbocycles. The predicted molar refractivity (Wildman–Crippen MR) is 46.2 cm³/mol. The SMILES string of the molecule is Nc1cnc(F)c(CBr)c1C(F)F. The van der Waals surface area contributed by atoms with Gasteiger partial charge in [0.05, 0.1) is 17.4 Å². The van der Waals surface area contributed by atoms with Crippen LogP contribution in [0.15, 0.2) is 6.20 Å². The van der Waals surface area contributed by atoms with E-state index < -0.39 is 17.9 Å². The molecule has 0 radical (unpaired) electrons. The van der Waals surface area contributed by atoms with Gasteiger partial charge in [-0.2, -0.15) is 4.39 Å². The molecule has 1 aromatic heterocycles. The van der Waals surface area contributed by atoms with E-state index in [1.54, 1.807) is 0 Å². The van der Waals surface area contributed by atoms with Crippen LogP contribution in [0, 0.1) is 5.95 Å². The molecular weight excluding hydrogens is 249 g/mol. The Balaban J connectivity index is 3.35. The Morgan fingerprint density at radius 1 is 1.54 bits per heavy atom. The van der Waals surface area contributed by atoms with Crippen molar-refractivity contribution in [2.45, 2.75) is 11.8 Å². The third-order valence-electron chi connectivity index (χ3n) is 1.55. The summed E-state index contributed by atoms with van der Waals surface area (Å²) in [6, 6.07) is 0. The number of halogens is 4. The molecule has 0 aliphatic heterocycles. The number of anilines is 1. The number of alkyl halides is 3. The molecule has 0 amide bonds. The summed E-state index contributed by atoms with van der Waals surface area (Å²) in [6.45, 7) is 0. The molecule has 0 aliphatic rings. The fourth-order valence-electron chi connectivity index (χ4n) is 0.944. The maximum Gasteiger partial charge on any atom is 0.266 e. The first kappa shape index (κ1) is 10.3. The molecule has 6 heteroatoms. The van der Waals surface area contributed by atoms with Crippen LogP contribution in [0.4, 0.5) is 18.9 Å². The van der Waals surface area contributed by atoms with Crippen molar-refractivity contribution in [3.8, 4) is 0 Å². The van der Waals surface area contributed by atoms with E-state index in [2.05, 4.69) is 20.9 Å². The van der Waals surface area contributed by atoms with E-state index >= 15 is 0 Å². The van der Waals surface area contributed by atoms with Crippen LogP contribution in [-0.2, 0) is 5.33 Å². The number of rotatable bonds is 2. The number of nitrogen functional groups attached to an aromatic ring is 1. The molecule has 0 saturated heterocycles. The van der Waals surface area contributed by atoms with Gasteiger partial charge in [-0.15, -0.1) is 0 Å². The summed E-state index contributed by atoms with van der Waals surface area (Å²) in [5.41, 5.74) is 4.38. The van der Waals surface area contributed by atoms with E-state index in [1.165, 1.54) is 0 Å². The molecule has 0 saturated carbocycles. The molecular formula is C7H6BrF3N2. The van der Waals surface area contributed by atoms with E-state index in [9.17, 15) is 13.2 Å². The third-order valence-corrected chi connectivity index (χ3v) is 2.11. The average molecular weight is 255 g/mol. The second kappa shape index (κ2) is 3.95. The van der Waals surface area contributed by atoms with Crippen LogP contribution in [-0.4, -0.2) is 4.98 Å². The van der Waals surface area contributed by atoms with Crippen molar-refractivity contribution < 1.29 is 13.2 Å². The topological polar surface area (TPSA) is 38.9 Å². The summed E-state index contributed by atoms with van der Waals surface area (Å²) in [7, 11) is 0. The Hall–Kier alpha value is -0.780. The molecule has 0 bridgehead atoms. The Morgan fingerprint density at radius 2 is 2.15 bits per heavy atom. The first-order chi connectivity index (χ1) is 6.07. The number of nitrogens with zero attached hydrogens (tertiary/aromatic N) is 1. The lowest BCUT2D eigenvalue weighted by atomic mass is 10.1. The highest BCUT2D eigenvalue weighted by Gasteiger charge is 2.19. The fourth-order valence-corrected chi connectivity index (χ4v) is 1.48. The van der Waals surface area contributed by atoms with Gasteiger partial charge in [0.1, 0.15) is 0 Å². The number of pyridine rings is 1.